The van der Waals surface area contributed by atoms with Gasteiger partial charge in [0.2, 0.25) is 5.91 Å². The van der Waals surface area contributed by atoms with Gasteiger partial charge in [0.25, 0.3) is 5.91 Å². The maximum absolute atomic E-state index is 12.8. The standard InChI is InChI=1S/C18H26N2O3/c1-4-5-9-16(21)19-15-8-6-7-14(12-15)17(22)20-10-11-23-13-18(20,2)3/h6-8,12H,4-5,9-11,13H2,1-3H3,(H,19,21). The highest BCUT2D eigenvalue weighted by atomic mass is 16.5. The van der Waals surface area contributed by atoms with Gasteiger partial charge in [0, 0.05) is 24.2 Å². The normalized spacial score (nSPS) is 16.9. The third-order valence-electron chi connectivity index (χ3n) is 4.04. The summed E-state index contributed by atoms with van der Waals surface area (Å²) in [5.41, 5.74) is 0.937. The van der Waals surface area contributed by atoms with Crippen LogP contribution in [0, 0.1) is 0 Å². The predicted molar refractivity (Wildman–Crippen MR) is 90.5 cm³/mol. The first-order chi connectivity index (χ1) is 10.9. The molecule has 0 bridgehead atoms. The minimum atomic E-state index is -0.324. The first-order valence-corrected chi connectivity index (χ1v) is 8.23. The molecule has 0 radical (unpaired) electrons. The number of rotatable bonds is 5. The highest BCUT2D eigenvalue weighted by molar-refractivity contribution is 5.97. The number of hydrogen-bond donors (Lipinski definition) is 1. The smallest absolute Gasteiger partial charge is 0.254 e. The largest absolute Gasteiger partial charge is 0.377 e. The van der Waals surface area contributed by atoms with Crippen molar-refractivity contribution in [3.63, 3.8) is 0 Å². The molecule has 1 heterocycles. The van der Waals surface area contributed by atoms with Gasteiger partial charge in [0.15, 0.2) is 0 Å². The molecule has 1 aromatic carbocycles. The lowest BCUT2D eigenvalue weighted by molar-refractivity contribution is -0.116. The Hall–Kier alpha value is -1.88. The highest BCUT2D eigenvalue weighted by Gasteiger charge is 2.34. The summed E-state index contributed by atoms with van der Waals surface area (Å²) in [5, 5.41) is 2.86. The molecule has 0 aliphatic carbocycles. The number of ether oxygens (including phenoxy) is 1. The van der Waals surface area contributed by atoms with Crippen LogP contribution in [-0.2, 0) is 9.53 Å². The van der Waals surface area contributed by atoms with E-state index >= 15 is 0 Å². The second-order valence-corrected chi connectivity index (χ2v) is 6.55. The molecule has 2 amide bonds. The third kappa shape index (κ3) is 4.55. The summed E-state index contributed by atoms with van der Waals surface area (Å²) >= 11 is 0. The van der Waals surface area contributed by atoms with Gasteiger partial charge in [-0.25, -0.2) is 0 Å². The second-order valence-electron chi connectivity index (χ2n) is 6.55. The van der Waals surface area contributed by atoms with Crippen LogP contribution < -0.4 is 5.32 Å². The molecular formula is C18H26N2O3. The van der Waals surface area contributed by atoms with Crippen LogP contribution in [0.3, 0.4) is 0 Å². The molecule has 1 saturated heterocycles. The number of amides is 2. The first kappa shape index (κ1) is 17.5. The van der Waals surface area contributed by atoms with E-state index in [-0.39, 0.29) is 17.4 Å². The lowest BCUT2D eigenvalue weighted by Crippen LogP contribution is -2.55. The van der Waals surface area contributed by atoms with Crippen LogP contribution >= 0.6 is 0 Å². The van der Waals surface area contributed by atoms with E-state index in [1.807, 2.05) is 24.8 Å². The van der Waals surface area contributed by atoms with Crippen LogP contribution in [0.25, 0.3) is 0 Å². The Morgan fingerprint density at radius 1 is 1.35 bits per heavy atom. The van der Waals surface area contributed by atoms with Crippen molar-refractivity contribution in [2.24, 2.45) is 0 Å². The van der Waals surface area contributed by atoms with Crippen molar-refractivity contribution in [3.8, 4) is 0 Å². The van der Waals surface area contributed by atoms with Gasteiger partial charge in [-0.1, -0.05) is 19.4 Å². The van der Waals surface area contributed by atoms with Crippen LogP contribution in [0.5, 0.6) is 0 Å². The Morgan fingerprint density at radius 3 is 2.83 bits per heavy atom. The zero-order chi connectivity index (χ0) is 16.9. The van der Waals surface area contributed by atoms with Crippen LogP contribution in [-0.4, -0.2) is 42.0 Å². The number of morpholine rings is 1. The van der Waals surface area contributed by atoms with Crippen molar-refractivity contribution >= 4 is 17.5 Å². The van der Waals surface area contributed by atoms with Gasteiger partial charge in [-0.3, -0.25) is 9.59 Å². The Bertz CT molecular complexity index is 569. The van der Waals surface area contributed by atoms with Crippen LogP contribution in [0.4, 0.5) is 5.69 Å². The topological polar surface area (TPSA) is 58.6 Å². The number of unbranched alkanes of at least 4 members (excludes halogenated alkanes) is 1. The van der Waals surface area contributed by atoms with Gasteiger partial charge in [0.05, 0.1) is 18.8 Å². The summed E-state index contributed by atoms with van der Waals surface area (Å²) in [7, 11) is 0. The van der Waals surface area contributed by atoms with E-state index < -0.39 is 0 Å². The average molecular weight is 318 g/mol. The number of nitrogens with zero attached hydrogens (tertiary/aromatic N) is 1. The number of carbonyl (C=O) groups excluding carboxylic acids is 2. The predicted octanol–water partition coefficient (Wildman–Crippen LogP) is 3.07. The van der Waals surface area contributed by atoms with Gasteiger partial charge < -0.3 is 15.0 Å². The lowest BCUT2D eigenvalue weighted by atomic mass is 10.0. The summed E-state index contributed by atoms with van der Waals surface area (Å²) < 4.78 is 5.46. The van der Waals surface area contributed by atoms with Crippen molar-refractivity contribution < 1.29 is 14.3 Å². The SMILES string of the molecule is CCCCC(=O)Nc1cccc(C(=O)N2CCOCC2(C)C)c1. The lowest BCUT2D eigenvalue weighted by Gasteiger charge is -2.42. The Morgan fingerprint density at radius 2 is 2.13 bits per heavy atom. The van der Waals surface area contributed by atoms with E-state index in [2.05, 4.69) is 12.2 Å². The van der Waals surface area contributed by atoms with Crippen molar-refractivity contribution in [2.45, 2.75) is 45.6 Å². The molecule has 1 N–H and O–H groups in total. The summed E-state index contributed by atoms with van der Waals surface area (Å²) in [6.07, 6.45) is 2.36. The molecule has 0 unspecified atom stereocenters. The molecule has 2 rings (SSSR count). The maximum atomic E-state index is 12.8. The fourth-order valence-electron chi connectivity index (χ4n) is 2.68. The van der Waals surface area contributed by atoms with Gasteiger partial charge in [-0.2, -0.15) is 0 Å². The first-order valence-electron chi connectivity index (χ1n) is 8.23. The van der Waals surface area contributed by atoms with Gasteiger partial charge in [0.1, 0.15) is 0 Å². The molecule has 5 heteroatoms. The molecule has 126 valence electrons. The fraction of sp³-hybridized carbons (Fsp3) is 0.556. The van der Waals surface area contributed by atoms with Crippen LogP contribution in [0.1, 0.15) is 50.4 Å². The van der Waals surface area contributed by atoms with E-state index in [0.717, 1.165) is 12.8 Å². The molecular weight excluding hydrogens is 292 g/mol. The molecule has 1 aromatic rings. The van der Waals surface area contributed by atoms with Crippen molar-refractivity contribution in [3.05, 3.63) is 29.8 Å². The molecule has 0 spiro atoms. The Balaban J connectivity index is 2.09. The number of benzene rings is 1. The third-order valence-corrected chi connectivity index (χ3v) is 4.04. The molecule has 23 heavy (non-hydrogen) atoms. The van der Waals surface area contributed by atoms with Crippen molar-refractivity contribution in [1.29, 1.82) is 0 Å². The van der Waals surface area contributed by atoms with Crippen LogP contribution in [0.15, 0.2) is 24.3 Å². The molecule has 5 nitrogen and oxygen atoms in total. The average Bonchev–Trinajstić information content (AvgIpc) is 2.52. The quantitative estimate of drug-likeness (QED) is 0.907. The molecule has 1 aliphatic rings. The zero-order valence-electron chi connectivity index (χ0n) is 14.2. The summed E-state index contributed by atoms with van der Waals surface area (Å²) in [6, 6.07) is 7.15. The molecule has 1 fully saturated rings. The molecule has 0 atom stereocenters. The highest BCUT2D eigenvalue weighted by Crippen LogP contribution is 2.23. The number of hydrogen-bond acceptors (Lipinski definition) is 3. The maximum Gasteiger partial charge on any atom is 0.254 e. The fourth-order valence-corrected chi connectivity index (χ4v) is 2.68. The Labute approximate surface area is 138 Å². The Kier molecular flexibility index (Phi) is 5.77. The summed E-state index contributed by atoms with van der Waals surface area (Å²) in [5.74, 6) is -0.0360. The number of carbonyl (C=O) groups is 2. The monoisotopic (exact) mass is 318 g/mol. The number of anilines is 1. The van der Waals surface area contributed by atoms with E-state index in [0.29, 0.717) is 37.4 Å². The van der Waals surface area contributed by atoms with Crippen molar-refractivity contribution in [2.75, 3.05) is 25.1 Å². The molecule has 1 aliphatic heterocycles. The van der Waals surface area contributed by atoms with E-state index in [4.69, 9.17) is 4.74 Å². The van der Waals surface area contributed by atoms with Crippen LogP contribution in [0.2, 0.25) is 0 Å². The number of nitrogens with one attached hydrogen (secondary N) is 1. The summed E-state index contributed by atoms with van der Waals surface area (Å²) in [4.78, 5) is 26.5. The second kappa shape index (κ2) is 7.59. The zero-order valence-corrected chi connectivity index (χ0v) is 14.2. The van der Waals surface area contributed by atoms with E-state index in [9.17, 15) is 9.59 Å². The van der Waals surface area contributed by atoms with Gasteiger partial charge >= 0.3 is 0 Å². The minimum Gasteiger partial charge on any atom is -0.377 e. The van der Waals surface area contributed by atoms with Gasteiger partial charge in [-0.15, -0.1) is 0 Å². The molecule has 0 aromatic heterocycles. The minimum absolute atomic E-state index is 0.0110. The van der Waals surface area contributed by atoms with E-state index in [1.165, 1.54) is 0 Å². The van der Waals surface area contributed by atoms with E-state index in [1.54, 1.807) is 18.2 Å². The van der Waals surface area contributed by atoms with Gasteiger partial charge in [-0.05, 0) is 38.5 Å². The molecule has 0 saturated carbocycles. The summed E-state index contributed by atoms with van der Waals surface area (Å²) in [6.45, 7) is 7.73. The van der Waals surface area contributed by atoms with Crippen molar-refractivity contribution in [1.82, 2.24) is 4.90 Å².